The van der Waals surface area contributed by atoms with Crippen LogP contribution in [0, 0.1) is 29.1 Å². The van der Waals surface area contributed by atoms with Gasteiger partial charge in [-0.05, 0) is 0 Å². The second-order valence-electron chi connectivity index (χ2n) is 3.88. The molecule has 0 radical (unpaired) electrons. The number of cyclic esters (lactones) is 1. The van der Waals surface area contributed by atoms with Crippen molar-refractivity contribution < 1.29 is 36.3 Å². The summed E-state index contributed by atoms with van der Waals surface area (Å²) < 4.78 is 70.0. The Morgan fingerprint density at radius 3 is 1.79 bits per heavy atom. The number of ether oxygens (including phenoxy) is 1. The predicted molar refractivity (Wildman–Crippen MR) is 49.3 cm³/mol. The fourth-order valence-corrected chi connectivity index (χ4v) is 1.75. The molecule has 1 aliphatic rings. The van der Waals surface area contributed by atoms with Gasteiger partial charge in [0, 0.05) is 6.42 Å². The van der Waals surface area contributed by atoms with Crippen molar-refractivity contribution in [2.24, 2.45) is 0 Å². The Balaban J connectivity index is 2.56. The van der Waals surface area contributed by atoms with E-state index in [-0.39, 0.29) is 0 Å². The normalized spacial score (nSPS) is 19.5. The minimum Gasteiger partial charge on any atom is -0.456 e. The average molecular weight is 280 g/mol. The first-order valence-corrected chi connectivity index (χ1v) is 5.05. The Labute approximate surface area is 103 Å². The van der Waals surface area contributed by atoms with Crippen molar-refractivity contribution in [3.05, 3.63) is 34.6 Å². The number of benzene rings is 1. The van der Waals surface area contributed by atoms with Crippen molar-refractivity contribution in [2.75, 3.05) is 0 Å². The molecule has 1 aromatic carbocycles. The van der Waals surface area contributed by atoms with Crippen molar-refractivity contribution in [1.82, 2.24) is 0 Å². The molecule has 0 N–H and O–H groups in total. The summed E-state index contributed by atoms with van der Waals surface area (Å²) in [7, 11) is 0. The first-order chi connectivity index (χ1) is 8.82. The Bertz CT molecular complexity index is 539. The number of ketones is 1. The predicted octanol–water partition coefficient (Wildman–Crippen LogP) is 2.33. The Kier molecular flexibility index (Phi) is 3.25. The molecule has 102 valence electrons. The second kappa shape index (κ2) is 4.60. The number of Topliss-reactive ketones (excluding diaryl/α,β-unsaturated/α-hetero) is 1. The lowest BCUT2D eigenvalue weighted by molar-refractivity contribution is -0.158. The van der Waals surface area contributed by atoms with Crippen molar-refractivity contribution in [3.63, 3.8) is 0 Å². The van der Waals surface area contributed by atoms with Crippen molar-refractivity contribution in [2.45, 2.75) is 18.9 Å². The van der Waals surface area contributed by atoms with E-state index in [2.05, 4.69) is 4.74 Å². The molecule has 0 aromatic heterocycles. The van der Waals surface area contributed by atoms with Gasteiger partial charge in [0.1, 0.15) is 18.3 Å². The molecule has 0 bridgehead atoms. The summed E-state index contributed by atoms with van der Waals surface area (Å²) in [6.07, 6.45) is -3.03. The SMILES string of the molecule is O=C1CC(=O)OC(c2c(F)c(F)c(F)c(F)c2F)C1. The average Bonchev–Trinajstić information content (AvgIpc) is 2.33. The maximum atomic E-state index is 13.4. The van der Waals surface area contributed by atoms with Gasteiger partial charge >= 0.3 is 5.97 Å². The highest BCUT2D eigenvalue weighted by Crippen LogP contribution is 2.34. The van der Waals surface area contributed by atoms with Gasteiger partial charge in [0.15, 0.2) is 23.3 Å². The lowest BCUT2D eigenvalue weighted by Crippen LogP contribution is -2.26. The van der Waals surface area contributed by atoms with Gasteiger partial charge in [0.2, 0.25) is 5.82 Å². The van der Waals surface area contributed by atoms with Crippen LogP contribution in [0.1, 0.15) is 24.5 Å². The van der Waals surface area contributed by atoms with Crippen LogP contribution in [0.4, 0.5) is 22.0 Å². The zero-order valence-corrected chi connectivity index (χ0v) is 9.11. The van der Waals surface area contributed by atoms with E-state index in [4.69, 9.17) is 0 Å². The minimum atomic E-state index is -2.31. The Morgan fingerprint density at radius 1 is 0.842 bits per heavy atom. The molecule has 3 nitrogen and oxygen atoms in total. The minimum absolute atomic E-state index is 0.591. The topological polar surface area (TPSA) is 43.4 Å². The van der Waals surface area contributed by atoms with Gasteiger partial charge in [-0.1, -0.05) is 0 Å². The Morgan fingerprint density at radius 2 is 1.32 bits per heavy atom. The monoisotopic (exact) mass is 280 g/mol. The smallest absolute Gasteiger partial charge is 0.313 e. The number of esters is 1. The molecule has 0 saturated carbocycles. The first kappa shape index (κ1) is 13.4. The largest absolute Gasteiger partial charge is 0.456 e. The molecule has 1 atom stereocenters. The van der Waals surface area contributed by atoms with Gasteiger partial charge in [-0.15, -0.1) is 0 Å². The van der Waals surface area contributed by atoms with E-state index in [0.717, 1.165) is 0 Å². The number of carbonyl (C=O) groups is 2. The molecule has 0 amide bonds. The van der Waals surface area contributed by atoms with E-state index in [1.165, 1.54) is 0 Å². The molecular weight excluding hydrogens is 275 g/mol. The highest BCUT2D eigenvalue weighted by atomic mass is 19.2. The van der Waals surface area contributed by atoms with Gasteiger partial charge in [0.05, 0.1) is 5.56 Å². The number of hydrogen-bond acceptors (Lipinski definition) is 3. The van der Waals surface area contributed by atoms with Crippen LogP contribution in [0.3, 0.4) is 0 Å². The highest BCUT2D eigenvalue weighted by Gasteiger charge is 2.36. The summed E-state index contributed by atoms with van der Waals surface area (Å²) in [6.45, 7) is 0. The van der Waals surface area contributed by atoms with Crippen molar-refractivity contribution in [3.8, 4) is 0 Å². The standard InChI is InChI=1S/C11H5F5O3/c12-7-6(4-1-3(17)2-5(18)19-4)8(13)10(15)11(16)9(7)14/h4H,1-2H2. The second-order valence-corrected chi connectivity index (χ2v) is 3.88. The van der Waals surface area contributed by atoms with E-state index in [1.54, 1.807) is 0 Å². The summed E-state index contributed by atoms with van der Waals surface area (Å²) in [5.41, 5.74) is -1.31. The number of halogens is 5. The van der Waals surface area contributed by atoms with E-state index in [0.29, 0.717) is 0 Å². The molecule has 1 aromatic rings. The zero-order chi connectivity index (χ0) is 14.3. The number of carbonyl (C=O) groups excluding carboxylic acids is 2. The van der Waals surface area contributed by atoms with Crippen LogP contribution >= 0.6 is 0 Å². The summed E-state index contributed by atoms with van der Waals surface area (Å²) in [4.78, 5) is 22.1. The van der Waals surface area contributed by atoms with Crippen LogP contribution in [-0.2, 0) is 14.3 Å². The van der Waals surface area contributed by atoms with Crippen LogP contribution < -0.4 is 0 Å². The molecule has 1 unspecified atom stereocenters. The summed E-state index contributed by atoms with van der Waals surface area (Å²) in [5, 5.41) is 0. The molecular formula is C11H5F5O3. The maximum absolute atomic E-state index is 13.4. The molecule has 8 heteroatoms. The Hall–Kier alpha value is -1.99. The van der Waals surface area contributed by atoms with Crippen molar-refractivity contribution in [1.29, 1.82) is 0 Å². The van der Waals surface area contributed by atoms with Crippen molar-refractivity contribution >= 4 is 11.8 Å². The van der Waals surface area contributed by atoms with E-state index >= 15 is 0 Å². The molecule has 1 heterocycles. The van der Waals surface area contributed by atoms with Crippen LogP contribution in [0.15, 0.2) is 0 Å². The third-order valence-electron chi connectivity index (χ3n) is 2.59. The number of hydrogen-bond donors (Lipinski definition) is 0. The van der Waals surface area contributed by atoms with Gasteiger partial charge in [-0.2, -0.15) is 0 Å². The summed E-state index contributed by atoms with van der Waals surface area (Å²) >= 11 is 0. The lowest BCUT2D eigenvalue weighted by atomic mass is 9.98. The fourth-order valence-electron chi connectivity index (χ4n) is 1.75. The third kappa shape index (κ3) is 2.18. The van der Waals surface area contributed by atoms with Crippen LogP contribution in [0.5, 0.6) is 0 Å². The van der Waals surface area contributed by atoms with Gasteiger partial charge in [0.25, 0.3) is 0 Å². The molecule has 1 fully saturated rings. The van der Waals surface area contributed by atoms with Crippen LogP contribution in [-0.4, -0.2) is 11.8 Å². The van der Waals surface area contributed by atoms with E-state index in [9.17, 15) is 31.5 Å². The molecule has 0 aliphatic carbocycles. The molecule has 1 aliphatic heterocycles. The van der Waals surface area contributed by atoms with Crippen LogP contribution in [0.25, 0.3) is 0 Å². The highest BCUT2D eigenvalue weighted by molar-refractivity contribution is 5.97. The van der Waals surface area contributed by atoms with Gasteiger partial charge in [-0.3, -0.25) is 9.59 Å². The lowest BCUT2D eigenvalue weighted by Gasteiger charge is -2.22. The van der Waals surface area contributed by atoms with Crippen LogP contribution in [0.2, 0.25) is 0 Å². The maximum Gasteiger partial charge on any atom is 0.313 e. The molecule has 0 spiro atoms. The van der Waals surface area contributed by atoms with E-state index in [1.807, 2.05) is 0 Å². The molecule has 19 heavy (non-hydrogen) atoms. The third-order valence-corrected chi connectivity index (χ3v) is 2.59. The summed E-state index contributed by atoms with van der Waals surface area (Å²) in [6, 6.07) is 0. The quantitative estimate of drug-likeness (QED) is 0.261. The van der Waals surface area contributed by atoms with Gasteiger partial charge in [-0.25, -0.2) is 22.0 Å². The van der Waals surface area contributed by atoms with E-state index < -0.39 is 65.3 Å². The summed E-state index contributed by atoms with van der Waals surface area (Å²) in [5.74, 6) is -12.6. The number of rotatable bonds is 1. The fraction of sp³-hybridized carbons (Fsp3) is 0.273. The zero-order valence-electron chi connectivity index (χ0n) is 9.11. The molecule has 1 saturated heterocycles. The van der Waals surface area contributed by atoms with Gasteiger partial charge < -0.3 is 4.74 Å². The molecule has 2 rings (SSSR count). The first-order valence-electron chi connectivity index (χ1n) is 5.05.